The molecule has 1 aliphatic rings. The van der Waals surface area contributed by atoms with Gasteiger partial charge in [0.05, 0.1) is 12.0 Å². The van der Waals surface area contributed by atoms with Crippen molar-refractivity contribution in [3.05, 3.63) is 30.1 Å². The van der Waals surface area contributed by atoms with Gasteiger partial charge in [-0.05, 0) is 30.7 Å². The highest BCUT2D eigenvalue weighted by Gasteiger charge is 2.23. The first-order chi connectivity index (χ1) is 7.25. The second kappa shape index (κ2) is 4.81. The number of rotatable bonds is 2. The Labute approximate surface area is 93.4 Å². The molecule has 15 heavy (non-hydrogen) atoms. The third-order valence-electron chi connectivity index (χ3n) is 2.48. The van der Waals surface area contributed by atoms with Crippen molar-refractivity contribution in [3.63, 3.8) is 0 Å². The molecule has 1 N–H and O–H groups in total. The minimum atomic E-state index is -0.227. The van der Waals surface area contributed by atoms with Gasteiger partial charge in [-0.3, -0.25) is 0 Å². The van der Waals surface area contributed by atoms with Gasteiger partial charge < -0.3 is 10.1 Å². The number of hydrogen-bond acceptors (Lipinski definition) is 2. The molecule has 0 radical (unpaired) electrons. The summed E-state index contributed by atoms with van der Waals surface area (Å²) >= 11 is 6.10. The summed E-state index contributed by atoms with van der Waals surface area (Å²) in [5.74, 6) is -0.227. The van der Waals surface area contributed by atoms with Gasteiger partial charge in [0, 0.05) is 18.3 Å². The minimum absolute atomic E-state index is 0.0243. The molecule has 0 bridgehead atoms. The Hall–Kier alpha value is -0.800. The van der Waals surface area contributed by atoms with Crippen molar-refractivity contribution in [3.8, 4) is 0 Å². The monoisotopic (exact) mass is 229 g/mol. The maximum Gasteiger partial charge on any atom is 0.123 e. The molecule has 4 heteroatoms. The Bertz CT molecular complexity index is 317. The number of hydrogen-bond donors (Lipinski definition) is 1. The van der Waals surface area contributed by atoms with Crippen molar-refractivity contribution in [2.45, 2.75) is 17.8 Å². The third kappa shape index (κ3) is 2.83. The fourth-order valence-electron chi connectivity index (χ4n) is 1.63. The van der Waals surface area contributed by atoms with E-state index in [0.717, 1.165) is 18.7 Å². The Kier molecular flexibility index (Phi) is 3.44. The van der Waals surface area contributed by atoms with Crippen LogP contribution in [0.3, 0.4) is 0 Å². The van der Waals surface area contributed by atoms with Crippen molar-refractivity contribution in [2.75, 3.05) is 18.5 Å². The topological polar surface area (TPSA) is 21.3 Å². The molecule has 1 heterocycles. The number of anilines is 1. The lowest BCUT2D eigenvalue weighted by Gasteiger charge is -2.28. The number of halogens is 2. The molecule has 82 valence electrons. The summed E-state index contributed by atoms with van der Waals surface area (Å²) in [6.07, 6.45) is 0.880. The van der Waals surface area contributed by atoms with Crippen LogP contribution in [-0.4, -0.2) is 24.6 Å². The molecular formula is C11H13ClFNO. The molecule has 0 saturated carbocycles. The smallest absolute Gasteiger partial charge is 0.123 e. The molecule has 0 spiro atoms. The first kappa shape index (κ1) is 10.7. The van der Waals surface area contributed by atoms with E-state index in [1.165, 1.54) is 12.1 Å². The standard InChI is InChI=1S/C11H13ClFNO/c12-10-7-15-6-5-11(10)14-9-3-1-8(13)2-4-9/h1-4,10-11,14H,5-7H2. The summed E-state index contributed by atoms with van der Waals surface area (Å²) in [7, 11) is 0. The van der Waals surface area contributed by atoms with Gasteiger partial charge in [0.25, 0.3) is 0 Å². The minimum Gasteiger partial charge on any atom is -0.381 e. The number of ether oxygens (including phenoxy) is 1. The average molecular weight is 230 g/mol. The highest BCUT2D eigenvalue weighted by atomic mass is 35.5. The van der Waals surface area contributed by atoms with Crippen LogP contribution >= 0.6 is 11.6 Å². The van der Waals surface area contributed by atoms with Crippen molar-refractivity contribution >= 4 is 17.3 Å². The van der Waals surface area contributed by atoms with E-state index < -0.39 is 0 Å². The van der Waals surface area contributed by atoms with E-state index in [2.05, 4.69) is 5.32 Å². The summed E-state index contributed by atoms with van der Waals surface area (Å²) < 4.78 is 17.9. The van der Waals surface area contributed by atoms with Gasteiger partial charge in [0.15, 0.2) is 0 Å². The van der Waals surface area contributed by atoms with Gasteiger partial charge in [-0.25, -0.2) is 4.39 Å². The summed E-state index contributed by atoms with van der Waals surface area (Å²) in [6.45, 7) is 1.29. The van der Waals surface area contributed by atoms with Crippen molar-refractivity contribution in [1.82, 2.24) is 0 Å². The Morgan fingerprint density at radius 3 is 2.73 bits per heavy atom. The van der Waals surface area contributed by atoms with Crippen molar-refractivity contribution in [1.29, 1.82) is 0 Å². The first-order valence-corrected chi connectivity index (χ1v) is 5.43. The number of benzene rings is 1. The normalized spacial score (nSPS) is 26.3. The van der Waals surface area contributed by atoms with E-state index in [1.54, 1.807) is 12.1 Å². The second-order valence-electron chi connectivity index (χ2n) is 3.64. The van der Waals surface area contributed by atoms with Crippen LogP contribution in [-0.2, 0) is 4.74 Å². The van der Waals surface area contributed by atoms with Gasteiger partial charge in [-0.1, -0.05) is 0 Å². The largest absolute Gasteiger partial charge is 0.381 e. The van der Waals surface area contributed by atoms with Crippen LogP contribution in [0.1, 0.15) is 6.42 Å². The van der Waals surface area contributed by atoms with Crippen LogP contribution in [0.4, 0.5) is 10.1 Å². The molecule has 2 rings (SSSR count). The third-order valence-corrected chi connectivity index (χ3v) is 2.91. The van der Waals surface area contributed by atoms with Gasteiger partial charge >= 0.3 is 0 Å². The molecule has 2 nitrogen and oxygen atoms in total. The fourth-order valence-corrected chi connectivity index (χ4v) is 1.90. The fraction of sp³-hybridized carbons (Fsp3) is 0.455. The second-order valence-corrected chi connectivity index (χ2v) is 4.20. The van der Waals surface area contributed by atoms with E-state index in [0.29, 0.717) is 6.61 Å². The van der Waals surface area contributed by atoms with E-state index in [4.69, 9.17) is 16.3 Å². The van der Waals surface area contributed by atoms with Gasteiger partial charge in [0.2, 0.25) is 0 Å². The Morgan fingerprint density at radius 1 is 1.33 bits per heavy atom. The number of alkyl halides is 1. The van der Waals surface area contributed by atoms with Gasteiger partial charge in [-0.2, -0.15) is 0 Å². The van der Waals surface area contributed by atoms with Crippen molar-refractivity contribution < 1.29 is 9.13 Å². The van der Waals surface area contributed by atoms with Crippen LogP contribution in [0.2, 0.25) is 0 Å². The lowest BCUT2D eigenvalue weighted by Crippen LogP contribution is -2.38. The average Bonchev–Trinajstić information content (AvgIpc) is 2.25. The zero-order chi connectivity index (χ0) is 10.7. The van der Waals surface area contributed by atoms with Crippen LogP contribution in [0, 0.1) is 5.82 Å². The maximum atomic E-state index is 12.7. The van der Waals surface area contributed by atoms with E-state index >= 15 is 0 Å². The predicted octanol–water partition coefficient (Wildman–Crippen LogP) is 2.63. The van der Waals surface area contributed by atoms with E-state index in [-0.39, 0.29) is 17.2 Å². The molecule has 2 atom stereocenters. The first-order valence-electron chi connectivity index (χ1n) is 4.99. The zero-order valence-electron chi connectivity index (χ0n) is 8.25. The molecule has 1 fully saturated rings. The Morgan fingerprint density at radius 2 is 2.07 bits per heavy atom. The molecule has 1 aliphatic heterocycles. The molecule has 1 aromatic rings. The molecular weight excluding hydrogens is 217 g/mol. The Balaban J connectivity index is 1.98. The summed E-state index contributed by atoms with van der Waals surface area (Å²) in [5, 5.41) is 3.25. The highest BCUT2D eigenvalue weighted by molar-refractivity contribution is 6.21. The SMILES string of the molecule is Fc1ccc(NC2CCOCC2Cl)cc1. The molecule has 1 saturated heterocycles. The zero-order valence-corrected chi connectivity index (χ0v) is 9.01. The quantitative estimate of drug-likeness (QED) is 0.788. The van der Waals surface area contributed by atoms with Gasteiger partial charge in [-0.15, -0.1) is 11.6 Å². The van der Waals surface area contributed by atoms with Crippen molar-refractivity contribution in [2.24, 2.45) is 0 Å². The molecule has 0 amide bonds. The summed E-state index contributed by atoms with van der Waals surface area (Å²) in [4.78, 5) is 0. The summed E-state index contributed by atoms with van der Waals surface area (Å²) in [5.41, 5.74) is 0.897. The predicted molar refractivity (Wildman–Crippen MR) is 58.9 cm³/mol. The molecule has 2 unspecified atom stereocenters. The molecule has 0 aliphatic carbocycles. The lowest BCUT2D eigenvalue weighted by molar-refractivity contribution is 0.0935. The lowest BCUT2D eigenvalue weighted by atomic mass is 10.1. The number of nitrogens with one attached hydrogen (secondary N) is 1. The van der Waals surface area contributed by atoms with Crippen LogP contribution in [0.15, 0.2) is 24.3 Å². The molecule has 0 aromatic heterocycles. The van der Waals surface area contributed by atoms with Crippen LogP contribution in [0.5, 0.6) is 0 Å². The molecule has 1 aromatic carbocycles. The van der Waals surface area contributed by atoms with Gasteiger partial charge in [0.1, 0.15) is 5.82 Å². The van der Waals surface area contributed by atoms with E-state index in [1.807, 2.05) is 0 Å². The van der Waals surface area contributed by atoms with E-state index in [9.17, 15) is 4.39 Å². The summed E-state index contributed by atoms with van der Waals surface area (Å²) in [6, 6.07) is 6.50. The van der Waals surface area contributed by atoms with Crippen LogP contribution < -0.4 is 5.32 Å². The van der Waals surface area contributed by atoms with Crippen LogP contribution in [0.25, 0.3) is 0 Å². The highest BCUT2D eigenvalue weighted by Crippen LogP contribution is 2.19. The maximum absolute atomic E-state index is 12.7.